The lowest BCUT2D eigenvalue weighted by Crippen LogP contribution is -2.31. The number of aromatic nitrogens is 1. The molecule has 0 aliphatic heterocycles. The number of fused-ring (bicyclic) bond motifs is 1. The van der Waals surface area contributed by atoms with E-state index in [1.165, 1.54) is 17.7 Å². The summed E-state index contributed by atoms with van der Waals surface area (Å²) in [6.45, 7) is 0. The van der Waals surface area contributed by atoms with Gasteiger partial charge in [-0.2, -0.15) is 0 Å². The van der Waals surface area contributed by atoms with E-state index in [9.17, 15) is 9.90 Å². The molecule has 0 radical (unpaired) electrons. The van der Waals surface area contributed by atoms with E-state index in [0.29, 0.717) is 11.8 Å². The molecule has 3 nitrogen and oxygen atoms in total. The Kier molecular flexibility index (Phi) is 3.06. The summed E-state index contributed by atoms with van der Waals surface area (Å²) in [6, 6.07) is 4.12. The Morgan fingerprint density at radius 2 is 2.11 bits per heavy atom. The van der Waals surface area contributed by atoms with Crippen LogP contribution in [0, 0.1) is 11.8 Å². The van der Waals surface area contributed by atoms with Crippen molar-refractivity contribution in [2.75, 3.05) is 0 Å². The highest BCUT2D eigenvalue weighted by Crippen LogP contribution is 2.45. The zero-order chi connectivity index (χ0) is 12.5. The molecule has 2 aliphatic carbocycles. The number of carbonyl (C=O) groups is 1. The number of hydrogen-bond acceptors (Lipinski definition) is 2. The van der Waals surface area contributed by atoms with Crippen molar-refractivity contribution in [2.24, 2.45) is 11.8 Å². The molecule has 0 amide bonds. The molecule has 96 valence electrons. The standard InChI is InChI=1S/C15H19NO2/c17-15(18)13-6-2-1-5-11(13)12-8-7-10-4-3-9-16-14(10)12/h3-4,9,11-13H,1-2,5-8H2,(H,17,18). The van der Waals surface area contributed by atoms with Gasteiger partial charge in [0.05, 0.1) is 5.92 Å². The third-order valence-electron chi connectivity index (χ3n) is 4.66. The number of aryl methyl sites for hydroxylation is 1. The predicted octanol–water partition coefficient (Wildman–Crippen LogP) is 3.00. The van der Waals surface area contributed by atoms with Crippen molar-refractivity contribution in [3.05, 3.63) is 29.6 Å². The Hall–Kier alpha value is -1.38. The van der Waals surface area contributed by atoms with E-state index >= 15 is 0 Å². The van der Waals surface area contributed by atoms with Crippen LogP contribution in [-0.4, -0.2) is 16.1 Å². The Bertz CT molecular complexity index is 458. The molecular weight excluding hydrogens is 226 g/mol. The summed E-state index contributed by atoms with van der Waals surface area (Å²) in [7, 11) is 0. The maximum atomic E-state index is 11.4. The highest BCUT2D eigenvalue weighted by atomic mass is 16.4. The van der Waals surface area contributed by atoms with Crippen LogP contribution >= 0.6 is 0 Å². The Morgan fingerprint density at radius 1 is 1.28 bits per heavy atom. The van der Waals surface area contributed by atoms with Gasteiger partial charge in [0.1, 0.15) is 0 Å². The van der Waals surface area contributed by atoms with Gasteiger partial charge in [-0.3, -0.25) is 9.78 Å². The van der Waals surface area contributed by atoms with Crippen LogP contribution in [0.25, 0.3) is 0 Å². The van der Waals surface area contributed by atoms with Gasteiger partial charge in [0.2, 0.25) is 0 Å². The first-order valence-electron chi connectivity index (χ1n) is 6.94. The van der Waals surface area contributed by atoms with Gasteiger partial charge in [-0.05, 0) is 43.2 Å². The number of hydrogen-bond donors (Lipinski definition) is 1. The number of pyridine rings is 1. The number of nitrogens with zero attached hydrogens (tertiary/aromatic N) is 1. The molecular formula is C15H19NO2. The molecule has 0 aromatic carbocycles. The van der Waals surface area contributed by atoms with Crippen LogP contribution in [0.2, 0.25) is 0 Å². The Morgan fingerprint density at radius 3 is 2.94 bits per heavy atom. The largest absolute Gasteiger partial charge is 0.481 e. The minimum atomic E-state index is -0.607. The van der Waals surface area contributed by atoms with Crippen molar-refractivity contribution in [3.63, 3.8) is 0 Å². The lowest BCUT2D eigenvalue weighted by atomic mass is 9.71. The zero-order valence-electron chi connectivity index (χ0n) is 10.5. The van der Waals surface area contributed by atoms with Crippen LogP contribution in [0.15, 0.2) is 18.3 Å². The van der Waals surface area contributed by atoms with E-state index in [0.717, 1.165) is 32.1 Å². The SMILES string of the molecule is O=C(O)C1CCCCC1C1CCc2cccnc21. The molecule has 0 bridgehead atoms. The molecule has 18 heavy (non-hydrogen) atoms. The third kappa shape index (κ3) is 1.92. The molecule has 2 aliphatic rings. The van der Waals surface area contributed by atoms with Gasteiger partial charge in [-0.25, -0.2) is 0 Å². The van der Waals surface area contributed by atoms with Crippen LogP contribution in [0.1, 0.15) is 49.3 Å². The normalized spacial score (nSPS) is 31.0. The first-order valence-corrected chi connectivity index (χ1v) is 6.94. The van der Waals surface area contributed by atoms with Crippen LogP contribution in [0.3, 0.4) is 0 Å². The second kappa shape index (κ2) is 4.71. The fourth-order valence-corrected chi connectivity index (χ4v) is 3.81. The van der Waals surface area contributed by atoms with Crippen molar-refractivity contribution >= 4 is 5.97 Å². The summed E-state index contributed by atoms with van der Waals surface area (Å²) in [5, 5.41) is 9.40. The molecule has 0 saturated heterocycles. The van der Waals surface area contributed by atoms with Gasteiger partial charge >= 0.3 is 5.97 Å². The molecule has 3 rings (SSSR count). The maximum Gasteiger partial charge on any atom is 0.306 e. The highest BCUT2D eigenvalue weighted by molar-refractivity contribution is 5.70. The van der Waals surface area contributed by atoms with Crippen molar-refractivity contribution in [1.82, 2.24) is 4.98 Å². The second-order valence-corrected chi connectivity index (χ2v) is 5.59. The number of aliphatic carboxylic acids is 1. The van der Waals surface area contributed by atoms with Gasteiger partial charge in [0.15, 0.2) is 0 Å². The monoisotopic (exact) mass is 245 g/mol. The molecule has 1 N–H and O–H groups in total. The maximum absolute atomic E-state index is 11.4. The first kappa shape index (κ1) is 11.7. The quantitative estimate of drug-likeness (QED) is 0.871. The minimum absolute atomic E-state index is 0.156. The smallest absolute Gasteiger partial charge is 0.306 e. The van der Waals surface area contributed by atoms with Crippen molar-refractivity contribution in [3.8, 4) is 0 Å². The first-order chi connectivity index (χ1) is 8.77. The van der Waals surface area contributed by atoms with Crippen molar-refractivity contribution in [2.45, 2.75) is 44.4 Å². The Balaban J connectivity index is 1.88. The van der Waals surface area contributed by atoms with Crippen LogP contribution in [0.4, 0.5) is 0 Å². The molecule has 1 saturated carbocycles. The van der Waals surface area contributed by atoms with Gasteiger partial charge in [0, 0.05) is 17.8 Å². The van der Waals surface area contributed by atoms with Gasteiger partial charge in [-0.1, -0.05) is 18.9 Å². The molecule has 1 heterocycles. The van der Waals surface area contributed by atoms with E-state index in [1.54, 1.807) is 0 Å². The van der Waals surface area contributed by atoms with E-state index in [2.05, 4.69) is 11.1 Å². The summed E-state index contributed by atoms with van der Waals surface area (Å²) in [4.78, 5) is 15.9. The lowest BCUT2D eigenvalue weighted by molar-refractivity contribution is -0.145. The molecule has 1 aromatic heterocycles. The van der Waals surface area contributed by atoms with Crippen LogP contribution < -0.4 is 0 Å². The summed E-state index contributed by atoms with van der Waals surface area (Å²) < 4.78 is 0. The fourth-order valence-electron chi connectivity index (χ4n) is 3.81. The molecule has 3 heteroatoms. The number of carboxylic acid groups (broad SMARTS) is 1. The number of carboxylic acids is 1. The van der Waals surface area contributed by atoms with Gasteiger partial charge in [0.25, 0.3) is 0 Å². The van der Waals surface area contributed by atoms with Gasteiger partial charge < -0.3 is 5.11 Å². The average molecular weight is 245 g/mol. The zero-order valence-corrected chi connectivity index (χ0v) is 10.5. The summed E-state index contributed by atoms with van der Waals surface area (Å²) in [5.41, 5.74) is 2.51. The predicted molar refractivity (Wildman–Crippen MR) is 68.4 cm³/mol. The van der Waals surface area contributed by atoms with Crippen LogP contribution in [-0.2, 0) is 11.2 Å². The van der Waals surface area contributed by atoms with Crippen molar-refractivity contribution in [1.29, 1.82) is 0 Å². The number of rotatable bonds is 2. The van der Waals surface area contributed by atoms with E-state index in [1.807, 2.05) is 12.3 Å². The molecule has 3 atom stereocenters. The lowest BCUT2D eigenvalue weighted by Gasteiger charge is -2.33. The minimum Gasteiger partial charge on any atom is -0.481 e. The molecule has 0 spiro atoms. The fraction of sp³-hybridized carbons (Fsp3) is 0.600. The second-order valence-electron chi connectivity index (χ2n) is 5.59. The average Bonchev–Trinajstić information content (AvgIpc) is 2.82. The Labute approximate surface area is 107 Å². The molecule has 1 aromatic rings. The molecule has 3 unspecified atom stereocenters. The highest BCUT2D eigenvalue weighted by Gasteiger charge is 2.39. The third-order valence-corrected chi connectivity index (χ3v) is 4.66. The summed E-state index contributed by atoms with van der Waals surface area (Å²) >= 11 is 0. The topological polar surface area (TPSA) is 50.2 Å². The van der Waals surface area contributed by atoms with Crippen LogP contribution in [0.5, 0.6) is 0 Å². The molecule has 1 fully saturated rings. The summed E-state index contributed by atoms with van der Waals surface area (Å²) in [5.74, 6) is -0.0872. The van der Waals surface area contributed by atoms with E-state index in [-0.39, 0.29) is 5.92 Å². The van der Waals surface area contributed by atoms with Crippen molar-refractivity contribution < 1.29 is 9.90 Å². The van der Waals surface area contributed by atoms with E-state index in [4.69, 9.17) is 0 Å². The van der Waals surface area contributed by atoms with E-state index < -0.39 is 5.97 Å². The van der Waals surface area contributed by atoms with Gasteiger partial charge in [-0.15, -0.1) is 0 Å². The summed E-state index contributed by atoms with van der Waals surface area (Å²) in [6.07, 6.45) is 8.13.